The first kappa shape index (κ1) is 14.0. The van der Waals surface area contributed by atoms with E-state index in [0.29, 0.717) is 11.7 Å². The van der Waals surface area contributed by atoms with Crippen molar-refractivity contribution in [2.24, 2.45) is 5.92 Å². The van der Waals surface area contributed by atoms with Crippen molar-refractivity contribution in [1.29, 1.82) is 0 Å². The molecule has 0 aliphatic carbocycles. The van der Waals surface area contributed by atoms with E-state index in [1.807, 2.05) is 46.1 Å². The highest BCUT2D eigenvalue weighted by Crippen LogP contribution is 2.23. The van der Waals surface area contributed by atoms with Crippen LogP contribution in [0.25, 0.3) is 11.0 Å². The fourth-order valence-electron chi connectivity index (χ4n) is 3.24. The van der Waals surface area contributed by atoms with Gasteiger partial charge in [-0.2, -0.15) is 0 Å². The van der Waals surface area contributed by atoms with Crippen molar-refractivity contribution in [3.8, 4) is 0 Å². The molecule has 118 valence electrons. The molecule has 1 saturated heterocycles. The molecule has 3 aromatic rings. The predicted molar refractivity (Wildman–Crippen MR) is 84.9 cm³/mol. The Morgan fingerprint density at radius 2 is 2.26 bits per heavy atom. The monoisotopic (exact) mass is 310 g/mol. The summed E-state index contributed by atoms with van der Waals surface area (Å²) in [5.74, 6) is 0.802. The van der Waals surface area contributed by atoms with Gasteiger partial charge >= 0.3 is 0 Å². The second kappa shape index (κ2) is 5.87. The number of furan rings is 1. The van der Waals surface area contributed by atoms with Gasteiger partial charge in [0.1, 0.15) is 5.58 Å². The van der Waals surface area contributed by atoms with Gasteiger partial charge in [-0.25, -0.2) is 0 Å². The molecule has 6 nitrogen and oxygen atoms in total. The molecular weight excluding hydrogens is 292 g/mol. The fourth-order valence-corrected chi connectivity index (χ4v) is 3.24. The van der Waals surface area contributed by atoms with Crippen LogP contribution in [0.3, 0.4) is 0 Å². The second-order valence-corrected chi connectivity index (χ2v) is 6.03. The van der Waals surface area contributed by atoms with E-state index in [4.69, 9.17) is 4.42 Å². The molecule has 23 heavy (non-hydrogen) atoms. The van der Waals surface area contributed by atoms with E-state index in [2.05, 4.69) is 10.3 Å². The molecule has 4 rings (SSSR count). The van der Waals surface area contributed by atoms with Crippen molar-refractivity contribution in [2.45, 2.75) is 19.4 Å². The number of likely N-dealkylation sites (tertiary alicyclic amines) is 1. The summed E-state index contributed by atoms with van der Waals surface area (Å²) >= 11 is 0. The quantitative estimate of drug-likeness (QED) is 0.746. The van der Waals surface area contributed by atoms with E-state index in [9.17, 15) is 4.79 Å². The minimum absolute atomic E-state index is 0.0236. The van der Waals surface area contributed by atoms with Gasteiger partial charge in [0, 0.05) is 31.2 Å². The summed E-state index contributed by atoms with van der Waals surface area (Å²) in [7, 11) is 0. The van der Waals surface area contributed by atoms with Crippen LogP contribution in [0.15, 0.2) is 47.1 Å². The zero-order valence-corrected chi connectivity index (χ0v) is 12.8. The molecule has 0 saturated carbocycles. The van der Waals surface area contributed by atoms with Crippen molar-refractivity contribution in [3.63, 3.8) is 0 Å². The third-order valence-electron chi connectivity index (χ3n) is 4.36. The average Bonchev–Trinajstić information content (AvgIpc) is 3.23. The molecule has 0 bridgehead atoms. The average molecular weight is 310 g/mol. The summed E-state index contributed by atoms with van der Waals surface area (Å²) in [4.78, 5) is 14.6. The number of carbonyl (C=O) groups excluding carboxylic acids is 1. The van der Waals surface area contributed by atoms with E-state index >= 15 is 0 Å². The molecule has 1 amide bonds. The Hall–Kier alpha value is -2.63. The van der Waals surface area contributed by atoms with Crippen LogP contribution in [0, 0.1) is 5.92 Å². The maximum atomic E-state index is 12.7. The molecule has 1 unspecified atom stereocenters. The van der Waals surface area contributed by atoms with Crippen molar-refractivity contribution < 1.29 is 9.21 Å². The van der Waals surface area contributed by atoms with Gasteiger partial charge in [0.05, 0.1) is 6.20 Å². The molecule has 1 aliphatic rings. The van der Waals surface area contributed by atoms with Crippen molar-refractivity contribution >= 4 is 16.9 Å². The molecule has 1 aromatic carbocycles. The van der Waals surface area contributed by atoms with Crippen molar-refractivity contribution in [3.05, 3.63) is 48.5 Å². The molecule has 0 N–H and O–H groups in total. The molecule has 2 aromatic heterocycles. The number of piperidine rings is 1. The highest BCUT2D eigenvalue weighted by Gasteiger charge is 2.26. The highest BCUT2D eigenvalue weighted by molar-refractivity contribution is 5.96. The van der Waals surface area contributed by atoms with E-state index < -0.39 is 0 Å². The van der Waals surface area contributed by atoms with E-state index in [1.54, 1.807) is 6.20 Å². The lowest BCUT2D eigenvalue weighted by molar-refractivity contribution is 0.0630. The topological polar surface area (TPSA) is 64.2 Å². The summed E-state index contributed by atoms with van der Waals surface area (Å²) < 4.78 is 7.54. The number of para-hydroxylation sites is 1. The lowest BCUT2D eigenvalue weighted by atomic mass is 9.98. The number of carbonyl (C=O) groups is 1. The Kier molecular flexibility index (Phi) is 3.57. The van der Waals surface area contributed by atoms with Crippen LogP contribution >= 0.6 is 0 Å². The van der Waals surface area contributed by atoms with Crippen LogP contribution < -0.4 is 0 Å². The molecule has 0 spiro atoms. The summed E-state index contributed by atoms with van der Waals surface area (Å²) in [6, 6.07) is 9.53. The normalized spacial score (nSPS) is 18.4. The second-order valence-electron chi connectivity index (χ2n) is 6.03. The van der Waals surface area contributed by atoms with Gasteiger partial charge in [-0.1, -0.05) is 23.4 Å². The Balaban J connectivity index is 1.49. The highest BCUT2D eigenvalue weighted by atomic mass is 16.3. The molecule has 6 heteroatoms. The maximum Gasteiger partial charge on any atom is 0.289 e. The van der Waals surface area contributed by atoms with Crippen LogP contribution in [0.5, 0.6) is 0 Å². The molecule has 1 fully saturated rings. The van der Waals surface area contributed by atoms with Crippen LogP contribution in [-0.4, -0.2) is 38.9 Å². The number of rotatable bonds is 3. The minimum atomic E-state index is -0.0236. The van der Waals surface area contributed by atoms with Gasteiger partial charge in [0.2, 0.25) is 0 Å². The Morgan fingerprint density at radius 1 is 1.35 bits per heavy atom. The molecular formula is C17H18N4O2. The number of benzene rings is 1. The first-order valence-electron chi connectivity index (χ1n) is 7.91. The first-order chi connectivity index (χ1) is 11.3. The number of hydrogen-bond acceptors (Lipinski definition) is 4. The van der Waals surface area contributed by atoms with E-state index in [1.165, 1.54) is 0 Å². The van der Waals surface area contributed by atoms with Gasteiger partial charge in [-0.05, 0) is 30.9 Å². The van der Waals surface area contributed by atoms with Gasteiger partial charge in [-0.15, -0.1) is 5.10 Å². The summed E-state index contributed by atoms with van der Waals surface area (Å²) in [5, 5.41) is 8.81. The van der Waals surface area contributed by atoms with Crippen molar-refractivity contribution in [1.82, 2.24) is 19.9 Å². The Morgan fingerprint density at radius 3 is 3.09 bits per heavy atom. The maximum absolute atomic E-state index is 12.7. The van der Waals surface area contributed by atoms with Crippen LogP contribution in [0.4, 0.5) is 0 Å². The van der Waals surface area contributed by atoms with Crippen molar-refractivity contribution in [2.75, 3.05) is 13.1 Å². The third-order valence-corrected chi connectivity index (χ3v) is 4.36. The van der Waals surface area contributed by atoms with Crippen LogP contribution in [0.1, 0.15) is 23.4 Å². The molecule has 1 atom stereocenters. The SMILES string of the molecule is O=C(c1cc2ccccc2o1)N1CCCC(Cn2ccnn2)C1. The van der Waals surface area contributed by atoms with Gasteiger partial charge in [0.25, 0.3) is 5.91 Å². The smallest absolute Gasteiger partial charge is 0.289 e. The number of aromatic nitrogens is 3. The molecule has 0 radical (unpaired) electrons. The number of nitrogens with zero attached hydrogens (tertiary/aromatic N) is 4. The Bertz CT molecular complexity index is 776. The summed E-state index contributed by atoms with van der Waals surface area (Å²) in [6.07, 6.45) is 5.65. The minimum Gasteiger partial charge on any atom is -0.451 e. The summed E-state index contributed by atoms with van der Waals surface area (Å²) in [6.45, 7) is 2.31. The van der Waals surface area contributed by atoms with Gasteiger partial charge in [-0.3, -0.25) is 9.48 Å². The predicted octanol–water partition coefficient (Wildman–Crippen LogP) is 2.58. The number of amides is 1. The van der Waals surface area contributed by atoms with Crippen LogP contribution in [-0.2, 0) is 6.54 Å². The zero-order chi connectivity index (χ0) is 15.6. The van der Waals surface area contributed by atoms with E-state index in [-0.39, 0.29) is 5.91 Å². The zero-order valence-electron chi connectivity index (χ0n) is 12.8. The molecule has 1 aliphatic heterocycles. The Labute approximate surface area is 133 Å². The first-order valence-corrected chi connectivity index (χ1v) is 7.91. The lowest BCUT2D eigenvalue weighted by Gasteiger charge is -2.32. The standard InChI is InChI=1S/C17H18N4O2/c22-17(16-10-14-5-1-2-6-15(14)23-16)20-8-3-4-13(11-20)12-21-9-7-18-19-21/h1-2,5-7,9-10,13H,3-4,8,11-12H2. The third kappa shape index (κ3) is 2.84. The lowest BCUT2D eigenvalue weighted by Crippen LogP contribution is -2.41. The van der Waals surface area contributed by atoms with Gasteiger partial charge < -0.3 is 9.32 Å². The van der Waals surface area contributed by atoms with Crippen LogP contribution in [0.2, 0.25) is 0 Å². The summed E-state index contributed by atoms with van der Waals surface area (Å²) in [5.41, 5.74) is 0.757. The molecule has 3 heterocycles. The fraction of sp³-hybridized carbons (Fsp3) is 0.353. The van der Waals surface area contributed by atoms with Gasteiger partial charge in [0.15, 0.2) is 5.76 Å². The number of hydrogen-bond donors (Lipinski definition) is 0. The largest absolute Gasteiger partial charge is 0.451 e. The van der Waals surface area contributed by atoms with E-state index in [0.717, 1.165) is 43.4 Å². The number of fused-ring (bicyclic) bond motifs is 1.